The third-order valence-corrected chi connectivity index (χ3v) is 4.04. The Morgan fingerprint density at radius 3 is 2.48 bits per heavy atom. The molecule has 0 spiro atoms. The van der Waals surface area contributed by atoms with Gasteiger partial charge in [-0.15, -0.1) is 0 Å². The van der Waals surface area contributed by atoms with E-state index in [0.717, 1.165) is 39.8 Å². The highest BCUT2D eigenvalue weighted by molar-refractivity contribution is 6.03. The van der Waals surface area contributed by atoms with E-state index in [1.54, 1.807) is 0 Å². The molecule has 0 saturated heterocycles. The summed E-state index contributed by atoms with van der Waals surface area (Å²) in [5, 5.41) is 4.09. The van der Waals surface area contributed by atoms with Crippen molar-refractivity contribution < 1.29 is 4.79 Å². The number of carbonyl (C=O) groups is 1. The van der Waals surface area contributed by atoms with E-state index in [2.05, 4.69) is 12.2 Å². The second-order valence-corrected chi connectivity index (χ2v) is 5.64. The first-order valence-electron chi connectivity index (χ1n) is 7.91. The van der Waals surface area contributed by atoms with Gasteiger partial charge in [0.25, 0.3) is 0 Å². The molecule has 0 aliphatic heterocycles. The number of pyridine rings is 1. The van der Waals surface area contributed by atoms with Crippen LogP contribution in [0.25, 0.3) is 10.9 Å². The van der Waals surface area contributed by atoms with Gasteiger partial charge in [-0.2, -0.15) is 0 Å². The Morgan fingerprint density at radius 1 is 1.04 bits per heavy atom. The van der Waals surface area contributed by atoms with Crippen LogP contribution in [0.15, 0.2) is 54.6 Å². The van der Waals surface area contributed by atoms with Gasteiger partial charge in [-0.3, -0.25) is 9.78 Å². The van der Waals surface area contributed by atoms with Crippen molar-refractivity contribution in [1.82, 2.24) is 4.98 Å². The number of carbonyl (C=O) groups excluding carboxylic acids is 1. The summed E-state index contributed by atoms with van der Waals surface area (Å²) in [7, 11) is 0. The lowest BCUT2D eigenvalue weighted by molar-refractivity contribution is -0.115. The first-order valence-corrected chi connectivity index (χ1v) is 7.91. The average Bonchev–Trinajstić information content (AvgIpc) is 2.58. The van der Waals surface area contributed by atoms with Gasteiger partial charge < -0.3 is 5.32 Å². The molecule has 0 aliphatic rings. The summed E-state index contributed by atoms with van der Waals surface area (Å²) in [6, 6.07) is 17.7. The molecule has 0 unspecified atom stereocenters. The molecule has 3 rings (SSSR count). The van der Waals surface area contributed by atoms with Crippen molar-refractivity contribution >= 4 is 22.5 Å². The summed E-state index contributed by atoms with van der Waals surface area (Å²) in [5.74, 6) is -0.00212. The zero-order valence-electron chi connectivity index (χ0n) is 13.5. The van der Waals surface area contributed by atoms with Crippen molar-refractivity contribution in [2.24, 2.45) is 0 Å². The van der Waals surface area contributed by atoms with E-state index in [9.17, 15) is 4.79 Å². The van der Waals surface area contributed by atoms with Crippen LogP contribution in [0.3, 0.4) is 0 Å². The molecule has 0 bridgehead atoms. The second kappa shape index (κ2) is 6.61. The molecule has 1 heterocycles. The maximum Gasteiger partial charge on any atom is 0.228 e. The van der Waals surface area contributed by atoms with Gasteiger partial charge in [-0.05, 0) is 30.5 Å². The smallest absolute Gasteiger partial charge is 0.228 e. The normalized spacial score (nSPS) is 10.7. The third kappa shape index (κ3) is 3.24. The predicted molar refractivity (Wildman–Crippen MR) is 94.6 cm³/mol. The minimum Gasteiger partial charge on any atom is -0.325 e. The summed E-state index contributed by atoms with van der Waals surface area (Å²) >= 11 is 0. The molecule has 3 aromatic rings. The van der Waals surface area contributed by atoms with Gasteiger partial charge >= 0.3 is 0 Å². The van der Waals surface area contributed by atoms with Gasteiger partial charge in [0.2, 0.25) is 5.91 Å². The van der Waals surface area contributed by atoms with Gasteiger partial charge in [0.15, 0.2) is 0 Å². The molecule has 1 N–H and O–H groups in total. The standard InChI is InChI=1S/C20H20N2O/c1-3-17-14(2)20(16-11-7-8-12-18(16)21-17)22-19(23)13-15-9-5-4-6-10-15/h4-12H,3,13H2,1-2H3,(H,21,22,23). The van der Waals surface area contributed by atoms with Crippen molar-refractivity contribution in [2.45, 2.75) is 26.7 Å². The number of anilines is 1. The van der Waals surface area contributed by atoms with Gasteiger partial charge in [0, 0.05) is 11.1 Å². The van der Waals surface area contributed by atoms with Gasteiger partial charge in [0.05, 0.1) is 17.6 Å². The third-order valence-electron chi connectivity index (χ3n) is 4.04. The Labute approximate surface area is 136 Å². The van der Waals surface area contributed by atoms with Crippen LogP contribution < -0.4 is 5.32 Å². The van der Waals surface area contributed by atoms with Crippen LogP contribution in [-0.4, -0.2) is 10.9 Å². The number of hydrogen-bond acceptors (Lipinski definition) is 2. The number of aryl methyl sites for hydroxylation is 1. The lowest BCUT2D eigenvalue weighted by Gasteiger charge is -2.15. The van der Waals surface area contributed by atoms with Crippen LogP contribution in [0.4, 0.5) is 5.69 Å². The molecule has 116 valence electrons. The Balaban J connectivity index is 1.95. The highest BCUT2D eigenvalue weighted by atomic mass is 16.1. The quantitative estimate of drug-likeness (QED) is 0.781. The average molecular weight is 304 g/mol. The van der Waals surface area contributed by atoms with Gasteiger partial charge in [-0.1, -0.05) is 55.5 Å². The number of benzene rings is 2. The van der Waals surface area contributed by atoms with E-state index < -0.39 is 0 Å². The SMILES string of the molecule is CCc1nc2ccccc2c(NC(=O)Cc2ccccc2)c1C. The molecule has 23 heavy (non-hydrogen) atoms. The summed E-state index contributed by atoms with van der Waals surface area (Å²) < 4.78 is 0. The minimum absolute atomic E-state index is 0.00212. The number of hydrogen-bond donors (Lipinski definition) is 1. The van der Waals surface area contributed by atoms with E-state index in [4.69, 9.17) is 4.98 Å². The van der Waals surface area contributed by atoms with Gasteiger partial charge in [-0.25, -0.2) is 0 Å². The molecule has 0 atom stereocenters. The first kappa shape index (κ1) is 15.2. The molecule has 3 heteroatoms. The molecule has 0 aliphatic carbocycles. The minimum atomic E-state index is -0.00212. The van der Waals surface area contributed by atoms with Crippen LogP contribution in [0, 0.1) is 6.92 Å². The zero-order valence-corrected chi connectivity index (χ0v) is 13.5. The van der Waals surface area contributed by atoms with E-state index in [1.165, 1.54) is 0 Å². The summed E-state index contributed by atoms with van der Waals surface area (Å²) in [4.78, 5) is 17.1. The number of aromatic nitrogens is 1. The second-order valence-electron chi connectivity index (χ2n) is 5.64. The molecular weight excluding hydrogens is 284 g/mol. The van der Waals surface area contributed by atoms with Gasteiger partial charge in [0.1, 0.15) is 0 Å². The number of amides is 1. The van der Waals surface area contributed by atoms with E-state index in [1.807, 2.05) is 61.5 Å². The number of nitrogens with zero attached hydrogens (tertiary/aromatic N) is 1. The molecule has 0 fully saturated rings. The summed E-state index contributed by atoms with van der Waals surface area (Å²) in [5.41, 5.74) is 4.89. The first-order chi connectivity index (χ1) is 11.2. The topological polar surface area (TPSA) is 42.0 Å². The highest BCUT2D eigenvalue weighted by Crippen LogP contribution is 2.28. The van der Waals surface area contributed by atoms with Crippen molar-refractivity contribution in [3.05, 3.63) is 71.4 Å². The largest absolute Gasteiger partial charge is 0.325 e. The fourth-order valence-corrected chi connectivity index (χ4v) is 2.83. The maximum absolute atomic E-state index is 12.4. The van der Waals surface area contributed by atoms with Crippen molar-refractivity contribution in [3.8, 4) is 0 Å². The van der Waals surface area contributed by atoms with Crippen LogP contribution in [-0.2, 0) is 17.6 Å². The number of nitrogens with one attached hydrogen (secondary N) is 1. The Kier molecular flexibility index (Phi) is 4.38. The van der Waals surface area contributed by atoms with Crippen molar-refractivity contribution in [1.29, 1.82) is 0 Å². The van der Waals surface area contributed by atoms with Crippen LogP contribution in [0.1, 0.15) is 23.7 Å². The van der Waals surface area contributed by atoms with E-state index >= 15 is 0 Å². The number of rotatable bonds is 4. The Morgan fingerprint density at radius 2 is 1.74 bits per heavy atom. The lowest BCUT2D eigenvalue weighted by Crippen LogP contribution is -2.16. The zero-order chi connectivity index (χ0) is 16.2. The molecular formula is C20H20N2O. The van der Waals surface area contributed by atoms with Crippen LogP contribution >= 0.6 is 0 Å². The summed E-state index contributed by atoms with van der Waals surface area (Å²) in [6.45, 7) is 4.11. The molecule has 1 aromatic heterocycles. The monoisotopic (exact) mass is 304 g/mol. The fraction of sp³-hybridized carbons (Fsp3) is 0.200. The fourth-order valence-electron chi connectivity index (χ4n) is 2.83. The molecule has 0 radical (unpaired) electrons. The lowest BCUT2D eigenvalue weighted by atomic mass is 10.0. The maximum atomic E-state index is 12.4. The van der Waals surface area contributed by atoms with E-state index in [0.29, 0.717) is 6.42 Å². The predicted octanol–water partition coefficient (Wildman–Crippen LogP) is 4.29. The number of para-hydroxylation sites is 1. The number of fused-ring (bicyclic) bond motifs is 1. The molecule has 0 saturated carbocycles. The highest BCUT2D eigenvalue weighted by Gasteiger charge is 2.13. The van der Waals surface area contributed by atoms with E-state index in [-0.39, 0.29) is 5.91 Å². The summed E-state index contributed by atoms with van der Waals surface area (Å²) in [6.07, 6.45) is 1.22. The molecule has 2 aromatic carbocycles. The van der Waals surface area contributed by atoms with Crippen LogP contribution in [0.2, 0.25) is 0 Å². The molecule has 1 amide bonds. The van der Waals surface area contributed by atoms with Crippen LogP contribution in [0.5, 0.6) is 0 Å². The Hall–Kier alpha value is -2.68. The van der Waals surface area contributed by atoms with Crippen molar-refractivity contribution in [3.63, 3.8) is 0 Å². The molecule has 3 nitrogen and oxygen atoms in total. The van der Waals surface area contributed by atoms with Crippen molar-refractivity contribution in [2.75, 3.05) is 5.32 Å². The Bertz CT molecular complexity index is 841.